The van der Waals surface area contributed by atoms with Gasteiger partial charge in [0.25, 0.3) is 0 Å². The smallest absolute Gasteiger partial charge is 0.411 e. The molecule has 32 heavy (non-hydrogen) atoms. The topological polar surface area (TPSA) is 38.3 Å². The van der Waals surface area contributed by atoms with Crippen LogP contribution in [0.2, 0.25) is 0 Å². The Hall–Kier alpha value is -3.42. The highest BCUT2D eigenvalue weighted by Gasteiger charge is 2.45. The van der Waals surface area contributed by atoms with Gasteiger partial charge in [0.05, 0.1) is 0 Å². The predicted molar refractivity (Wildman–Crippen MR) is 136 cm³/mol. The molecule has 4 rings (SSSR count). The zero-order valence-corrected chi connectivity index (χ0v) is 19.0. The average molecular weight is 441 g/mol. The van der Waals surface area contributed by atoms with Crippen LogP contribution in [0.5, 0.6) is 0 Å². The van der Waals surface area contributed by atoms with Crippen molar-refractivity contribution >= 4 is 35.0 Å². The van der Waals surface area contributed by atoms with Crippen LogP contribution in [-0.2, 0) is 4.74 Å². The lowest BCUT2D eigenvalue weighted by molar-refractivity contribution is 0.168. The number of benzene rings is 4. The minimum absolute atomic E-state index is 0.324. The predicted octanol–water partition coefficient (Wildman–Crippen LogP) is 5.54. The summed E-state index contributed by atoms with van der Waals surface area (Å²) in [5.74, 6) is 0. The van der Waals surface area contributed by atoms with Gasteiger partial charge >= 0.3 is 6.09 Å². The van der Waals surface area contributed by atoms with Crippen molar-refractivity contribution in [1.29, 1.82) is 0 Å². The maximum atomic E-state index is 12.5. The van der Waals surface area contributed by atoms with Gasteiger partial charge < -0.3 is 4.74 Å². The summed E-state index contributed by atoms with van der Waals surface area (Å²) in [5, 5.41) is 6.66. The third kappa shape index (κ3) is 4.90. The molecule has 4 aromatic carbocycles. The molecule has 4 heteroatoms. The normalized spacial score (nSPS) is 11.0. The van der Waals surface area contributed by atoms with E-state index in [0.717, 1.165) is 17.4 Å². The molecule has 0 saturated heterocycles. The number of amides is 1. The van der Waals surface area contributed by atoms with Gasteiger partial charge in [0, 0.05) is 5.69 Å². The van der Waals surface area contributed by atoms with E-state index in [-0.39, 0.29) is 0 Å². The van der Waals surface area contributed by atoms with Gasteiger partial charge in [-0.2, -0.15) is 0 Å². The van der Waals surface area contributed by atoms with E-state index in [1.807, 2.05) is 49.4 Å². The molecule has 3 nitrogen and oxygen atoms in total. The largest absolute Gasteiger partial charge is 0.445 e. The Bertz CT molecular complexity index is 1030. The first kappa shape index (κ1) is 21.8. The Morgan fingerprint density at radius 2 is 1.12 bits per heavy atom. The molecule has 1 N–H and O–H groups in total. The monoisotopic (exact) mass is 440 g/mol. The molecule has 0 aliphatic rings. The van der Waals surface area contributed by atoms with E-state index in [1.165, 1.54) is 15.9 Å². The van der Waals surface area contributed by atoms with Gasteiger partial charge in [-0.3, -0.25) is 5.32 Å². The third-order valence-corrected chi connectivity index (χ3v) is 9.94. The van der Waals surface area contributed by atoms with Crippen molar-refractivity contribution in [2.24, 2.45) is 0 Å². The van der Waals surface area contributed by atoms with E-state index in [1.54, 1.807) is 0 Å². The van der Waals surface area contributed by atoms with E-state index in [0.29, 0.717) is 6.61 Å². The van der Waals surface area contributed by atoms with Crippen molar-refractivity contribution in [2.75, 3.05) is 18.1 Å². The van der Waals surface area contributed by atoms with Crippen LogP contribution in [0.25, 0.3) is 0 Å². The number of rotatable bonds is 7. The Kier molecular flexibility index (Phi) is 6.99. The summed E-state index contributed by atoms with van der Waals surface area (Å²) in [6.45, 7) is 2.34. The molecule has 1 amide bonds. The van der Waals surface area contributed by atoms with E-state index < -0.39 is 13.4 Å². The van der Waals surface area contributed by atoms with E-state index in [9.17, 15) is 4.79 Å². The highest BCUT2D eigenvalue weighted by molar-refractivity contribution is 7.95. The quantitative estimate of drug-likeness (QED) is 0.383. The van der Waals surface area contributed by atoms with Gasteiger partial charge in [-0.05, 0) is 55.5 Å². The molecule has 0 unspecified atom stereocenters. The number of carbonyl (C=O) groups is 1. The van der Waals surface area contributed by atoms with E-state index >= 15 is 0 Å². The number of aryl methyl sites for hydroxylation is 1. The number of hydrogen-bond donors (Lipinski definition) is 1. The fourth-order valence-electron chi connectivity index (χ4n) is 3.95. The molecule has 0 aromatic heterocycles. The Balaban J connectivity index is 1.62. The van der Waals surface area contributed by atoms with Crippen LogP contribution >= 0.6 is 7.26 Å². The molecule has 160 valence electrons. The molecule has 0 saturated carbocycles. The average Bonchev–Trinajstić information content (AvgIpc) is 2.85. The summed E-state index contributed by atoms with van der Waals surface area (Å²) in [5.41, 5.74) is 1.88. The van der Waals surface area contributed by atoms with Crippen LogP contribution in [0.3, 0.4) is 0 Å². The second-order valence-corrected chi connectivity index (χ2v) is 11.3. The minimum Gasteiger partial charge on any atom is -0.445 e. The van der Waals surface area contributed by atoms with Gasteiger partial charge in [0.15, 0.2) is 0 Å². The molecule has 0 aliphatic carbocycles. The summed E-state index contributed by atoms with van der Waals surface area (Å²) >= 11 is 0. The van der Waals surface area contributed by atoms with Crippen molar-refractivity contribution in [3.8, 4) is 0 Å². The Labute approximate surface area is 190 Å². The molecule has 0 fully saturated rings. The molecule has 0 atom stereocenters. The van der Waals surface area contributed by atoms with Crippen LogP contribution < -0.4 is 21.2 Å². The maximum absolute atomic E-state index is 12.5. The third-order valence-electron chi connectivity index (χ3n) is 5.55. The lowest BCUT2D eigenvalue weighted by Crippen LogP contribution is -2.35. The molecular formula is C28H27NO2P+. The summed E-state index contributed by atoms with van der Waals surface area (Å²) < 4.78 is 5.67. The Morgan fingerprint density at radius 1 is 0.688 bits per heavy atom. The van der Waals surface area contributed by atoms with Gasteiger partial charge in [-0.15, -0.1) is 0 Å². The number of ether oxygens (including phenoxy) is 1. The van der Waals surface area contributed by atoms with Gasteiger partial charge in [0.2, 0.25) is 0 Å². The van der Waals surface area contributed by atoms with Crippen molar-refractivity contribution in [3.05, 3.63) is 121 Å². The summed E-state index contributed by atoms with van der Waals surface area (Å²) in [4.78, 5) is 12.5. The van der Waals surface area contributed by atoms with Crippen molar-refractivity contribution in [3.63, 3.8) is 0 Å². The molecule has 0 aliphatic heterocycles. The van der Waals surface area contributed by atoms with Gasteiger partial charge in [-0.25, -0.2) is 4.79 Å². The van der Waals surface area contributed by atoms with E-state index in [4.69, 9.17) is 4.74 Å². The first-order valence-corrected chi connectivity index (χ1v) is 12.7. The van der Waals surface area contributed by atoms with Crippen LogP contribution in [0.4, 0.5) is 10.5 Å². The maximum Gasteiger partial charge on any atom is 0.411 e. The molecule has 4 aromatic rings. The number of carbonyl (C=O) groups excluding carboxylic acids is 1. The lowest BCUT2D eigenvalue weighted by Gasteiger charge is -2.27. The molecule has 0 spiro atoms. The zero-order chi connectivity index (χ0) is 22.2. The van der Waals surface area contributed by atoms with Crippen molar-refractivity contribution < 1.29 is 9.53 Å². The number of nitrogens with one attached hydrogen (secondary N) is 1. The van der Waals surface area contributed by atoms with Crippen LogP contribution in [0.1, 0.15) is 5.56 Å². The first-order chi connectivity index (χ1) is 15.7. The van der Waals surface area contributed by atoms with Crippen molar-refractivity contribution in [2.45, 2.75) is 6.92 Å². The molecule has 0 radical (unpaired) electrons. The van der Waals surface area contributed by atoms with Crippen LogP contribution in [0, 0.1) is 6.92 Å². The summed E-state index contributed by atoms with van der Waals surface area (Å²) in [7, 11) is -2.00. The van der Waals surface area contributed by atoms with Gasteiger partial charge in [0.1, 0.15) is 35.9 Å². The fraction of sp³-hybridized carbons (Fsp3) is 0.107. The van der Waals surface area contributed by atoms with Crippen LogP contribution in [0.15, 0.2) is 115 Å². The number of hydrogen-bond acceptors (Lipinski definition) is 2. The first-order valence-electron chi connectivity index (χ1n) is 10.7. The second-order valence-electron chi connectivity index (χ2n) is 7.67. The highest BCUT2D eigenvalue weighted by Crippen LogP contribution is 2.54. The lowest BCUT2D eigenvalue weighted by atomic mass is 10.2. The standard InChI is InChI=1S/C28H26NO2P/c1-23-17-19-24(20-18-23)29-28(30)31-21-22-32(25-11-5-2-6-12-25,26-13-7-3-8-14-26)27-15-9-4-10-16-27/h2-20H,21-22H2,1H3/p+1. The molecule has 0 bridgehead atoms. The molecule has 0 heterocycles. The minimum atomic E-state index is -2.00. The highest BCUT2D eigenvalue weighted by atomic mass is 31.2. The Morgan fingerprint density at radius 3 is 1.56 bits per heavy atom. The fourth-order valence-corrected chi connectivity index (χ4v) is 8.03. The van der Waals surface area contributed by atoms with Gasteiger partial charge in [-0.1, -0.05) is 72.3 Å². The summed E-state index contributed by atoms with van der Waals surface area (Å²) in [6, 6.07) is 39.5. The SMILES string of the molecule is Cc1ccc(NC(=O)OCC[P+](c2ccccc2)(c2ccccc2)c2ccccc2)cc1. The van der Waals surface area contributed by atoms with Crippen molar-refractivity contribution in [1.82, 2.24) is 0 Å². The summed E-state index contributed by atoms with van der Waals surface area (Å²) in [6.07, 6.45) is 0.299. The molecular weight excluding hydrogens is 413 g/mol. The zero-order valence-electron chi connectivity index (χ0n) is 18.1. The number of anilines is 1. The van der Waals surface area contributed by atoms with E-state index in [2.05, 4.69) is 78.1 Å². The second kappa shape index (κ2) is 10.3. The van der Waals surface area contributed by atoms with Crippen LogP contribution in [-0.4, -0.2) is 18.9 Å².